The third-order valence-electron chi connectivity index (χ3n) is 2.55. The summed E-state index contributed by atoms with van der Waals surface area (Å²) in [5.74, 6) is 5.93. The van der Waals surface area contributed by atoms with Crippen molar-refractivity contribution in [3.05, 3.63) is 56.2 Å². The van der Waals surface area contributed by atoms with E-state index in [1.54, 1.807) is 18.3 Å². The summed E-state index contributed by atoms with van der Waals surface area (Å²) in [6, 6.07) is 5.78. The Labute approximate surface area is 129 Å². The van der Waals surface area contributed by atoms with Gasteiger partial charge in [-0.15, -0.1) is 0 Å². The number of nitrogens with two attached hydrogens (primary N) is 1. The maximum absolute atomic E-state index is 10.7. The van der Waals surface area contributed by atoms with Crippen molar-refractivity contribution in [2.45, 2.75) is 6.61 Å². The van der Waals surface area contributed by atoms with Crippen LogP contribution >= 0.6 is 23.2 Å². The van der Waals surface area contributed by atoms with Gasteiger partial charge in [-0.1, -0.05) is 23.2 Å². The molecule has 9 heteroatoms. The second-order valence-electron chi connectivity index (χ2n) is 3.98. The molecule has 21 heavy (non-hydrogen) atoms. The zero-order valence-electron chi connectivity index (χ0n) is 10.5. The summed E-state index contributed by atoms with van der Waals surface area (Å²) in [6.45, 7) is 0.161. The Morgan fingerprint density at radius 3 is 2.57 bits per heavy atom. The van der Waals surface area contributed by atoms with E-state index >= 15 is 0 Å². The molecule has 1 aromatic heterocycles. The van der Waals surface area contributed by atoms with Gasteiger partial charge < -0.3 is 10.2 Å². The predicted molar refractivity (Wildman–Crippen MR) is 79.5 cm³/mol. The van der Waals surface area contributed by atoms with Crippen molar-refractivity contribution in [3.63, 3.8) is 0 Å². The summed E-state index contributed by atoms with van der Waals surface area (Å²) in [5.41, 5.74) is 3.00. The highest BCUT2D eigenvalue weighted by Crippen LogP contribution is 2.37. The molecule has 0 saturated carbocycles. The summed E-state index contributed by atoms with van der Waals surface area (Å²) in [5, 5.41) is 10.8. The van der Waals surface area contributed by atoms with Gasteiger partial charge in [-0.05, 0) is 17.7 Å². The quantitative estimate of drug-likeness (QED) is 0.496. The van der Waals surface area contributed by atoms with Gasteiger partial charge in [-0.2, -0.15) is 0 Å². The van der Waals surface area contributed by atoms with Gasteiger partial charge in [-0.3, -0.25) is 10.1 Å². The minimum Gasteiger partial charge on any atom is -0.486 e. The number of hydrogen-bond acceptors (Lipinski definition) is 6. The van der Waals surface area contributed by atoms with Gasteiger partial charge in [0.15, 0.2) is 5.75 Å². The number of nitro benzene ring substituents is 1. The van der Waals surface area contributed by atoms with Crippen molar-refractivity contribution in [2.75, 3.05) is 5.43 Å². The molecule has 2 rings (SSSR count). The lowest BCUT2D eigenvalue weighted by Gasteiger charge is -2.10. The maximum Gasteiger partial charge on any atom is 0.272 e. The first-order chi connectivity index (χ1) is 10.0. The summed E-state index contributed by atoms with van der Waals surface area (Å²) < 4.78 is 5.50. The van der Waals surface area contributed by atoms with Crippen molar-refractivity contribution in [3.8, 4) is 5.75 Å². The van der Waals surface area contributed by atoms with Crippen molar-refractivity contribution in [1.29, 1.82) is 0 Å². The number of hydrazine groups is 1. The van der Waals surface area contributed by atoms with E-state index in [-0.39, 0.29) is 28.1 Å². The number of non-ortho nitro benzene ring substituents is 1. The number of halogens is 2. The molecule has 1 heterocycles. The van der Waals surface area contributed by atoms with Gasteiger partial charge in [0.1, 0.15) is 12.4 Å². The first kappa shape index (κ1) is 15.3. The molecule has 110 valence electrons. The minimum atomic E-state index is -0.580. The SMILES string of the molecule is NNc1cc(COc2c(Cl)cc([N+](=O)[O-])cc2Cl)ccn1. The number of hydrogen-bond donors (Lipinski definition) is 2. The molecular weight excluding hydrogens is 319 g/mol. The minimum absolute atomic E-state index is 0.0698. The summed E-state index contributed by atoms with van der Waals surface area (Å²) in [4.78, 5) is 14.1. The van der Waals surface area contributed by atoms with Crippen LogP contribution in [0, 0.1) is 10.1 Å². The van der Waals surface area contributed by atoms with E-state index in [9.17, 15) is 10.1 Å². The van der Waals surface area contributed by atoms with E-state index < -0.39 is 4.92 Å². The number of nitrogens with one attached hydrogen (secondary N) is 1. The predicted octanol–water partition coefficient (Wildman–Crippen LogP) is 3.16. The molecule has 0 atom stereocenters. The summed E-state index contributed by atoms with van der Waals surface area (Å²) >= 11 is 11.9. The van der Waals surface area contributed by atoms with E-state index in [1.807, 2.05) is 0 Å². The van der Waals surface area contributed by atoms with E-state index in [4.69, 9.17) is 33.8 Å². The number of nitrogens with zero attached hydrogens (tertiary/aromatic N) is 2. The topological polar surface area (TPSA) is 103 Å². The van der Waals surface area contributed by atoms with E-state index in [2.05, 4.69) is 10.4 Å². The number of nitro groups is 1. The van der Waals surface area contributed by atoms with Crippen LogP contribution in [0.2, 0.25) is 10.0 Å². The monoisotopic (exact) mass is 328 g/mol. The van der Waals surface area contributed by atoms with Crippen LogP contribution < -0.4 is 16.0 Å². The number of ether oxygens (including phenoxy) is 1. The molecule has 3 N–H and O–H groups in total. The third kappa shape index (κ3) is 3.72. The van der Waals surface area contributed by atoms with Crippen molar-refractivity contribution in [1.82, 2.24) is 4.98 Å². The Kier molecular flexibility index (Phi) is 4.79. The Hall–Kier alpha value is -2.09. The molecular formula is C12H10Cl2N4O3. The van der Waals surface area contributed by atoms with Gasteiger partial charge in [0, 0.05) is 18.3 Å². The first-order valence-corrected chi connectivity index (χ1v) is 6.44. The molecule has 1 aromatic carbocycles. The average Bonchev–Trinajstić information content (AvgIpc) is 2.46. The van der Waals surface area contributed by atoms with Crippen LogP contribution in [-0.2, 0) is 6.61 Å². The standard InChI is InChI=1S/C12H10Cl2N4O3/c13-9-4-8(18(19)20)5-10(14)12(9)21-6-7-1-2-16-11(3-7)17-15/h1-5H,6,15H2,(H,16,17). The van der Waals surface area contributed by atoms with Crippen LogP contribution in [0.4, 0.5) is 11.5 Å². The smallest absolute Gasteiger partial charge is 0.272 e. The highest BCUT2D eigenvalue weighted by Gasteiger charge is 2.15. The third-order valence-corrected chi connectivity index (χ3v) is 3.11. The molecule has 0 fully saturated rings. The Bertz CT molecular complexity index is 658. The number of aromatic nitrogens is 1. The number of nitrogen functional groups attached to an aromatic ring is 1. The number of rotatable bonds is 5. The fourth-order valence-electron chi connectivity index (χ4n) is 1.59. The highest BCUT2D eigenvalue weighted by atomic mass is 35.5. The molecule has 0 spiro atoms. The van der Waals surface area contributed by atoms with Crippen LogP contribution in [0.15, 0.2) is 30.5 Å². The number of benzene rings is 1. The van der Waals surface area contributed by atoms with Crippen LogP contribution in [0.5, 0.6) is 5.75 Å². The molecule has 0 radical (unpaired) electrons. The van der Waals surface area contributed by atoms with Crippen LogP contribution in [0.25, 0.3) is 0 Å². The maximum atomic E-state index is 10.7. The summed E-state index contributed by atoms with van der Waals surface area (Å²) in [6.07, 6.45) is 1.56. The van der Waals surface area contributed by atoms with Crippen molar-refractivity contribution >= 4 is 34.7 Å². The fourth-order valence-corrected chi connectivity index (χ4v) is 2.17. The Balaban J connectivity index is 2.18. The second kappa shape index (κ2) is 6.57. The largest absolute Gasteiger partial charge is 0.486 e. The van der Waals surface area contributed by atoms with Gasteiger partial charge in [-0.25, -0.2) is 10.8 Å². The molecule has 0 aliphatic carbocycles. The molecule has 0 aliphatic heterocycles. The highest BCUT2D eigenvalue weighted by molar-refractivity contribution is 6.37. The first-order valence-electron chi connectivity index (χ1n) is 5.69. The van der Waals surface area contributed by atoms with Crippen LogP contribution in [-0.4, -0.2) is 9.91 Å². The molecule has 7 nitrogen and oxygen atoms in total. The summed E-state index contributed by atoms with van der Waals surface area (Å²) in [7, 11) is 0. The fraction of sp³-hybridized carbons (Fsp3) is 0.0833. The van der Waals surface area contributed by atoms with Crippen molar-refractivity contribution in [2.24, 2.45) is 5.84 Å². The molecule has 0 aliphatic rings. The molecule has 2 aromatic rings. The van der Waals surface area contributed by atoms with Gasteiger partial charge >= 0.3 is 0 Å². The van der Waals surface area contributed by atoms with Crippen LogP contribution in [0.3, 0.4) is 0 Å². The molecule has 0 saturated heterocycles. The lowest BCUT2D eigenvalue weighted by molar-refractivity contribution is -0.384. The Morgan fingerprint density at radius 1 is 1.33 bits per heavy atom. The van der Waals surface area contributed by atoms with Crippen LogP contribution in [0.1, 0.15) is 5.56 Å². The second-order valence-corrected chi connectivity index (χ2v) is 4.79. The van der Waals surface area contributed by atoms with Gasteiger partial charge in [0.25, 0.3) is 5.69 Å². The number of pyridine rings is 1. The van der Waals surface area contributed by atoms with Crippen molar-refractivity contribution < 1.29 is 9.66 Å². The van der Waals surface area contributed by atoms with E-state index in [1.165, 1.54) is 12.1 Å². The lowest BCUT2D eigenvalue weighted by Crippen LogP contribution is -2.09. The van der Waals surface area contributed by atoms with E-state index in [0.717, 1.165) is 5.56 Å². The molecule has 0 unspecified atom stereocenters. The zero-order valence-corrected chi connectivity index (χ0v) is 12.1. The average molecular weight is 329 g/mol. The lowest BCUT2D eigenvalue weighted by atomic mass is 10.2. The zero-order chi connectivity index (χ0) is 15.4. The number of anilines is 1. The van der Waals surface area contributed by atoms with E-state index in [0.29, 0.717) is 5.82 Å². The molecule has 0 bridgehead atoms. The molecule has 0 amide bonds. The normalized spacial score (nSPS) is 10.2. The Morgan fingerprint density at radius 2 is 2.00 bits per heavy atom. The van der Waals surface area contributed by atoms with Gasteiger partial charge in [0.05, 0.1) is 15.0 Å². The van der Waals surface area contributed by atoms with Gasteiger partial charge in [0.2, 0.25) is 0 Å².